The van der Waals surface area contributed by atoms with Crippen LogP contribution in [0.3, 0.4) is 0 Å². The minimum absolute atomic E-state index is 0.0288. The molecule has 1 unspecified atom stereocenters. The Balaban J connectivity index is 2.35. The normalized spacial score (nSPS) is 19.8. The molecule has 0 bridgehead atoms. The number of hydrogen-bond donors (Lipinski definition) is 1. The molecule has 0 aliphatic carbocycles. The van der Waals surface area contributed by atoms with Gasteiger partial charge in [0.2, 0.25) is 5.91 Å². The fourth-order valence-electron chi connectivity index (χ4n) is 1.65. The first-order chi connectivity index (χ1) is 8.00. The third kappa shape index (κ3) is 2.18. The first kappa shape index (κ1) is 12.1. The van der Waals surface area contributed by atoms with Gasteiger partial charge in [-0.2, -0.15) is 0 Å². The number of carboxylic acids is 1. The zero-order valence-corrected chi connectivity index (χ0v) is 9.94. The van der Waals surface area contributed by atoms with Gasteiger partial charge in [0.25, 0.3) is 0 Å². The number of halogens is 2. The summed E-state index contributed by atoms with van der Waals surface area (Å²) in [5.74, 6) is -2.13. The highest BCUT2D eigenvalue weighted by Gasteiger charge is 2.37. The molecule has 2 rings (SSSR count). The lowest BCUT2D eigenvalue weighted by Gasteiger charge is -2.17. The quantitative estimate of drug-likeness (QED) is 0.821. The zero-order valence-electron chi connectivity index (χ0n) is 8.43. The maximum Gasteiger partial charge on any atom is 0.308 e. The lowest BCUT2D eigenvalue weighted by Crippen LogP contribution is -2.26. The number of aliphatic carboxylic acids is 1. The van der Waals surface area contributed by atoms with Gasteiger partial charge in [0, 0.05) is 13.0 Å². The largest absolute Gasteiger partial charge is 0.481 e. The predicted octanol–water partition coefficient (Wildman–Crippen LogP) is 1.22. The molecule has 1 amide bonds. The summed E-state index contributed by atoms with van der Waals surface area (Å²) >= 11 is 11.7. The van der Waals surface area contributed by atoms with Crippen LogP contribution in [0.2, 0.25) is 10.3 Å². The highest BCUT2D eigenvalue weighted by Crippen LogP contribution is 2.34. The second-order valence-corrected chi connectivity index (χ2v) is 4.26. The summed E-state index contributed by atoms with van der Waals surface area (Å²) in [7, 11) is 0. The van der Waals surface area contributed by atoms with Crippen LogP contribution in [0.25, 0.3) is 0 Å². The number of carboxylic acid groups (broad SMARTS) is 1. The molecule has 1 aromatic heterocycles. The van der Waals surface area contributed by atoms with Crippen LogP contribution in [0, 0.1) is 5.92 Å². The fourth-order valence-corrected chi connectivity index (χ4v) is 2.17. The van der Waals surface area contributed by atoms with Gasteiger partial charge < -0.3 is 10.0 Å². The molecule has 0 spiro atoms. The van der Waals surface area contributed by atoms with Crippen LogP contribution < -0.4 is 4.90 Å². The van der Waals surface area contributed by atoms with Gasteiger partial charge in [0.1, 0.15) is 12.0 Å². The van der Waals surface area contributed by atoms with Crippen LogP contribution in [0.5, 0.6) is 0 Å². The van der Waals surface area contributed by atoms with Gasteiger partial charge in [-0.15, -0.1) is 0 Å². The molecule has 2 heterocycles. The Morgan fingerprint density at radius 1 is 1.41 bits per heavy atom. The van der Waals surface area contributed by atoms with E-state index >= 15 is 0 Å². The Kier molecular flexibility index (Phi) is 3.17. The first-order valence-corrected chi connectivity index (χ1v) is 5.45. The molecule has 1 fully saturated rings. The zero-order chi connectivity index (χ0) is 12.6. The van der Waals surface area contributed by atoms with E-state index in [0.717, 1.165) is 0 Å². The number of anilines is 1. The molecule has 1 saturated heterocycles. The van der Waals surface area contributed by atoms with Crippen LogP contribution in [0.1, 0.15) is 6.42 Å². The molecule has 8 heteroatoms. The molecule has 1 aliphatic heterocycles. The Morgan fingerprint density at radius 2 is 2.00 bits per heavy atom. The topological polar surface area (TPSA) is 83.4 Å². The second kappa shape index (κ2) is 4.46. The Labute approximate surface area is 106 Å². The van der Waals surface area contributed by atoms with Gasteiger partial charge in [-0.3, -0.25) is 9.59 Å². The van der Waals surface area contributed by atoms with Crippen LogP contribution in [0.4, 0.5) is 5.69 Å². The molecule has 1 atom stereocenters. The lowest BCUT2D eigenvalue weighted by atomic mass is 10.1. The maximum absolute atomic E-state index is 11.7. The van der Waals surface area contributed by atoms with Gasteiger partial charge in [-0.1, -0.05) is 23.2 Å². The van der Waals surface area contributed by atoms with Crippen molar-refractivity contribution in [2.24, 2.45) is 5.92 Å². The number of carbonyl (C=O) groups excluding carboxylic acids is 1. The smallest absolute Gasteiger partial charge is 0.308 e. The van der Waals surface area contributed by atoms with E-state index in [1.807, 2.05) is 0 Å². The molecular weight excluding hydrogens is 269 g/mol. The van der Waals surface area contributed by atoms with E-state index in [4.69, 9.17) is 28.3 Å². The summed E-state index contributed by atoms with van der Waals surface area (Å²) in [5, 5.41) is 8.92. The van der Waals surface area contributed by atoms with Crippen molar-refractivity contribution in [1.29, 1.82) is 0 Å². The molecule has 0 aromatic carbocycles. The van der Waals surface area contributed by atoms with E-state index in [9.17, 15) is 9.59 Å². The van der Waals surface area contributed by atoms with Crippen molar-refractivity contribution < 1.29 is 14.7 Å². The van der Waals surface area contributed by atoms with Crippen LogP contribution in [0.15, 0.2) is 6.33 Å². The highest BCUT2D eigenvalue weighted by atomic mass is 35.5. The minimum Gasteiger partial charge on any atom is -0.481 e. The van der Waals surface area contributed by atoms with Gasteiger partial charge in [-0.05, 0) is 0 Å². The van der Waals surface area contributed by atoms with Crippen LogP contribution in [-0.2, 0) is 9.59 Å². The molecule has 1 aliphatic rings. The number of carbonyl (C=O) groups is 2. The van der Waals surface area contributed by atoms with E-state index in [1.165, 1.54) is 11.2 Å². The van der Waals surface area contributed by atoms with Crippen molar-refractivity contribution >= 4 is 40.8 Å². The molecule has 0 saturated carbocycles. The number of aromatic nitrogens is 2. The standard InChI is InChI=1S/C9H7Cl2N3O3/c10-7-6(8(11)13-3-12-7)14-2-4(9(16)17)1-5(14)15/h3-4H,1-2H2,(H,16,17). The molecule has 0 radical (unpaired) electrons. The predicted molar refractivity (Wildman–Crippen MR) is 60.1 cm³/mol. The first-order valence-electron chi connectivity index (χ1n) is 4.70. The number of amides is 1. The van der Waals surface area contributed by atoms with Crippen molar-refractivity contribution in [3.8, 4) is 0 Å². The molecule has 1 N–H and O–H groups in total. The Morgan fingerprint density at radius 3 is 2.47 bits per heavy atom. The third-order valence-corrected chi connectivity index (χ3v) is 3.03. The van der Waals surface area contributed by atoms with Crippen LogP contribution in [-0.4, -0.2) is 33.5 Å². The minimum atomic E-state index is -1.02. The van der Waals surface area contributed by atoms with Crippen molar-refractivity contribution in [3.05, 3.63) is 16.6 Å². The average molecular weight is 276 g/mol. The summed E-state index contributed by atoms with van der Waals surface area (Å²) in [6, 6.07) is 0. The van der Waals surface area contributed by atoms with Crippen LogP contribution >= 0.6 is 23.2 Å². The summed E-state index contributed by atoms with van der Waals surface area (Å²) in [4.78, 5) is 31.1. The van der Waals surface area contributed by atoms with E-state index < -0.39 is 11.9 Å². The summed E-state index contributed by atoms with van der Waals surface area (Å²) in [6.45, 7) is 0.0288. The molecular formula is C9H7Cl2N3O3. The maximum atomic E-state index is 11.7. The summed E-state index contributed by atoms with van der Waals surface area (Å²) in [6.07, 6.45) is 1.10. The van der Waals surface area contributed by atoms with Crippen molar-refractivity contribution in [2.75, 3.05) is 11.4 Å². The Hall–Kier alpha value is -1.40. The molecule has 90 valence electrons. The molecule has 1 aromatic rings. The second-order valence-electron chi connectivity index (χ2n) is 3.55. The monoisotopic (exact) mass is 275 g/mol. The Bertz CT molecular complexity index is 474. The molecule has 17 heavy (non-hydrogen) atoms. The lowest BCUT2D eigenvalue weighted by molar-refractivity contribution is -0.141. The van der Waals surface area contributed by atoms with Gasteiger partial charge in [0.05, 0.1) is 5.92 Å². The van der Waals surface area contributed by atoms with E-state index in [1.54, 1.807) is 0 Å². The fraction of sp³-hybridized carbons (Fsp3) is 0.333. The van der Waals surface area contributed by atoms with Gasteiger partial charge in [-0.25, -0.2) is 9.97 Å². The van der Waals surface area contributed by atoms with Gasteiger partial charge in [0.15, 0.2) is 10.3 Å². The van der Waals surface area contributed by atoms with Crippen molar-refractivity contribution in [1.82, 2.24) is 9.97 Å². The van der Waals surface area contributed by atoms with Crippen molar-refractivity contribution in [3.63, 3.8) is 0 Å². The van der Waals surface area contributed by atoms with Crippen molar-refractivity contribution in [2.45, 2.75) is 6.42 Å². The van der Waals surface area contributed by atoms with E-state index in [-0.39, 0.29) is 34.9 Å². The average Bonchev–Trinajstić information content (AvgIpc) is 2.61. The van der Waals surface area contributed by atoms with E-state index in [2.05, 4.69) is 9.97 Å². The summed E-state index contributed by atoms with van der Waals surface area (Å²) < 4.78 is 0. The SMILES string of the molecule is O=C(O)C1CC(=O)N(c2c(Cl)ncnc2Cl)C1. The molecule has 6 nitrogen and oxygen atoms in total. The number of hydrogen-bond acceptors (Lipinski definition) is 4. The van der Waals surface area contributed by atoms with E-state index in [0.29, 0.717) is 0 Å². The number of nitrogens with zero attached hydrogens (tertiary/aromatic N) is 3. The summed E-state index contributed by atoms with van der Waals surface area (Å²) in [5.41, 5.74) is 0.171. The number of rotatable bonds is 2. The highest BCUT2D eigenvalue weighted by molar-refractivity contribution is 6.38. The third-order valence-electron chi connectivity index (χ3n) is 2.48. The van der Waals surface area contributed by atoms with Gasteiger partial charge >= 0.3 is 5.97 Å².